The zero-order valence-corrected chi connectivity index (χ0v) is 15.3. The second-order valence-electron chi connectivity index (χ2n) is 5.58. The summed E-state index contributed by atoms with van der Waals surface area (Å²) >= 11 is 4.85. The summed E-state index contributed by atoms with van der Waals surface area (Å²) < 4.78 is 6.90. The summed E-state index contributed by atoms with van der Waals surface area (Å²) in [5, 5.41) is 9.01. The summed E-state index contributed by atoms with van der Waals surface area (Å²) in [6, 6.07) is 4.19. The molecule has 0 radical (unpaired) electrons. The molecule has 0 bridgehead atoms. The molecule has 0 atom stereocenters. The van der Waals surface area contributed by atoms with Crippen LogP contribution in [0.2, 0.25) is 0 Å². The van der Waals surface area contributed by atoms with Gasteiger partial charge in [0.15, 0.2) is 0 Å². The van der Waals surface area contributed by atoms with Crippen molar-refractivity contribution < 1.29 is 4.79 Å². The minimum atomic E-state index is -0.223. The number of hydrazone groups is 1. The van der Waals surface area contributed by atoms with Gasteiger partial charge in [-0.1, -0.05) is 20.4 Å². The van der Waals surface area contributed by atoms with E-state index < -0.39 is 0 Å². The quantitative estimate of drug-likeness (QED) is 0.670. The fraction of sp³-hybridized carbons (Fsp3) is 0.125. The van der Waals surface area contributed by atoms with Crippen molar-refractivity contribution in [2.75, 3.05) is 0 Å². The highest BCUT2D eigenvalue weighted by atomic mass is 79.9. The molecule has 8 heteroatoms. The van der Waals surface area contributed by atoms with E-state index >= 15 is 0 Å². The van der Waals surface area contributed by atoms with E-state index in [4.69, 9.17) is 0 Å². The van der Waals surface area contributed by atoms with Crippen LogP contribution < -0.4 is 5.43 Å². The van der Waals surface area contributed by atoms with E-state index in [1.807, 2.05) is 19.3 Å². The van der Waals surface area contributed by atoms with Gasteiger partial charge in [0.25, 0.3) is 5.91 Å². The minimum Gasteiger partial charge on any atom is -0.350 e. The zero-order valence-electron chi connectivity index (χ0n) is 12.9. The Labute approximate surface area is 150 Å². The van der Waals surface area contributed by atoms with Gasteiger partial charge in [0.1, 0.15) is 5.71 Å². The summed E-state index contributed by atoms with van der Waals surface area (Å²) in [6.07, 6.45) is 5.49. The molecule has 0 spiro atoms. The third kappa shape index (κ3) is 2.38. The Morgan fingerprint density at radius 1 is 1.38 bits per heavy atom. The maximum atomic E-state index is 12.2. The number of nitrogens with zero attached hydrogens (tertiary/aromatic N) is 4. The highest BCUT2D eigenvalue weighted by Gasteiger charge is 2.26. The number of carbonyl (C=O) groups excluding carboxylic acids is 1. The molecule has 0 saturated heterocycles. The second-order valence-corrected chi connectivity index (χ2v) is 7.22. The van der Waals surface area contributed by atoms with Crippen molar-refractivity contribution >= 4 is 56.1 Å². The molecule has 1 amide bonds. The lowest BCUT2D eigenvalue weighted by Crippen LogP contribution is -2.13. The maximum Gasteiger partial charge on any atom is 0.273 e. The third-order valence-corrected chi connectivity index (χ3v) is 5.18. The number of hydrogen-bond donors (Lipinski definition) is 1. The van der Waals surface area contributed by atoms with E-state index in [0.717, 1.165) is 25.8 Å². The van der Waals surface area contributed by atoms with Crippen LogP contribution in [-0.2, 0) is 11.8 Å². The predicted octanol–water partition coefficient (Wildman–Crippen LogP) is 3.02. The molecular formula is C16H12BrN5OS. The van der Waals surface area contributed by atoms with Crippen molar-refractivity contribution in [2.24, 2.45) is 12.1 Å². The monoisotopic (exact) mass is 401 g/mol. The van der Waals surface area contributed by atoms with E-state index in [2.05, 4.69) is 59.7 Å². The van der Waals surface area contributed by atoms with Crippen molar-refractivity contribution in [3.05, 3.63) is 50.6 Å². The Morgan fingerprint density at radius 3 is 2.96 bits per heavy atom. The van der Waals surface area contributed by atoms with Gasteiger partial charge in [-0.2, -0.15) is 5.10 Å². The molecule has 0 saturated carbocycles. The molecule has 6 nitrogen and oxygen atoms in total. The summed E-state index contributed by atoms with van der Waals surface area (Å²) in [4.78, 5) is 13.0. The summed E-state index contributed by atoms with van der Waals surface area (Å²) in [6.45, 7) is 2.06. The van der Waals surface area contributed by atoms with E-state index in [9.17, 15) is 4.79 Å². The number of aromatic nitrogens is 3. The Morgan fingerprint density at radius 2 is 2.21 bits per heavy atom. The van der Waals surface area contributed by atoms with E-state index in [0.29, 0.717) is 11.3 Å². The Kier molecular flexibility index (Phi) is 3.58. The smallest absolute Gasteiger partial charge is 0.273 e. The molecule has 3 aromatic rings. The van der Waals surface area contributed by atoms with Crippen molar-refractivity contribution in [1.29, 1.82) is 0 Å². The fourth-order valence-corrected chi connectivity index (χ4v) is 4.14. The van der Waals surface area contributed by atoms with Crippen LogP contribution in [0.4, 0.5) is 0 Å². The number of amides is 1. The Hall–Kier alpha value is -2.32. The molecule has 1 aliphatic rings. The maximum absolute atomic E-state index is 12.2. The van der Waals surface area contributed by atoms with Gasteiger partial charge in [-0.15, -0.1) is 5.10 Å². The first-order chi connectivity index (χ1) is 11.5. The second kappa shape index (κ2) is 5.64. The van der Waals surface area contributed by atoms with Crippen LogP contribution in [0.3, 0.4) is 0 Å². The zero-order chi connectivity index (χ0) is 16.8. The lowest BCUT2D eigenvalue weighted by atomic mass is 10.0. The fourth-order valence-electron chi connectivity index (χ4n) is 2.82. The number of rotatable bonds is 2. The molecule has 1 aliphatic heterocycles. The van der Waals surface area contributed by atoms with Crippen LogP contribution in [0.25, 0.3) is 17.0 Å². The van der Waals surface area contributed by atoms with Gasteiger partial charge in [-0.25, -0.2) is 5.43 Å². The third-order valence-electron chi connectivity index (χ3n) is 3.88. The van der Waals surface area contributed by atoms with E-state index in [1.165, 1.54) is 17.1 Å². The van der Waals surface area contributed by atoms with Crippen molar-refractivity contribution in [3.8, 4) is 0 Å². The van der Waals surface area contributed by atoms with Crippen molar-refractivity contribution in [3.63, 3.8) is 0 Å². The number of aryl methyl sites for hydroxylation is 2. The van der Waals surface area contributed by atoms with Gasteiger partial charge >= 0.3 is 0 Å². The first-order valence-corrected chi connectivity index (χ1v) is 8.74. The van der Waals surface area contributed by atoms with E-state index in [1.54, 1.807) is 6.20 Å². The first-order valence-electron chi connectivity index (χ1n) is 7.17. The predicted molar refractivity (Wildman–Crippen MR) is 97.9 cm³/mol. The Balaban J connectivity index is 1.91. The standard InChI is InChI=1S/C16H12BrN5OS/c1-8-3-11(17)14-9(7-22(2)12(14)4-8)5-10-15(19-20-16(10)23)13-6-18-21-24-13/h3-7H,1-2H3,(H,20,23)/b10-5-. The number of halogens is 1. The van der Waals surface area contributed by atoms with Gasteiger partial charge in [-0.3, -0.25) is 4.79 Å². The molecule has 2 aromatic heterocycles. The van der Waals surface area contributed by atoms with Gasteiger partial charge in [0.2, 0.25) is 0 Å². The number of carbonyl (C=O) groups is 1. The molecular weight excluding hydrogens is 390 g/mol. The summed E-state index contributed by atoms with van der Waals surface area (Å²) in [5.41, 5.74) is 6.84. The first kappa shape index (κ1) is 15.2. The van der Waals surface area contributed by atoms with Crippen LogP contribution in [0.15, 0.2) is 39.7 Å². The van der Waals surface area contributed by atoms with E-state index in [-0.39, 0.29) is 5.91 Å². The van der Waals surface area contributed by atoms with Crippen LogP contribution >= 0.6 is 27.5 Å². The number of nitrogens with one attached hydrogen (secondary N) is 1. The molecule has 0 fully saturated rings. The molecule has 0 unspecified atom stereocenters. The molecule has 0 aliphatic carbocycles. The average Bonchev–Trinajstić information content (AvgIpc) is 3.22. The lowest BCUT2D eigenvalue weighted by Gasteiger charge is -2.02. The number of hydrogen-bond acceptors (Lipinski definition) is 5. The number of benzene rings is 1. The molecule has 3 heterocycles. The van der Waals surface area contributed by atoms with Gasteiger partial charge in [0.05, 0.1) is 16.6 Å². The largest absolute Gasteiger partial charge is 0.350 e. The van der Waals surface area contributed by atoms with Crippen LogP contribution in [0, 0.1) is 6.92 Å². The minimum absolute atomic E-state index is 0.223. The number of fused-ring (bicyclic) bond motifs is 1. The van der Waals surface area contributed by atoms with Crippen LogP contribution in [-0.4, -0.2) is 25.8 Å². The Bertz CT molecular complexity index is 1030. The molecule has 120 valence electrons. The highest BCUT2D eigenvalue weighted by molar-refractivity contribution is 9.10. The highest BCUT2D eigenvalue weighted by Crippen LogP contribution is 2.32. The SMILES string of the molecule is Cc1cc(Br)c2c(/C=C3\C(=O)NN=C3c3cnns3)cn(C)c2c1. The molecule has 24 heavy (non-hydrogen) atoms. The average molecular weight is 402 g/mol. The summed E-state index contributed by atoms with van der Waals surface area (Å²) in [7, 11) is 1.99. The van der Waals surface area contributed by atoms with Gasteiger partial charge < -0.3 is 4.57 Å². The lowest BCUT2D eigenvalue weighted by molar-refractivity contribution is -0.116. The molecule has 1 aromatic carbocycles. The summed E-state index contributed by atoms with van der Waals surface area (Å²) in [5.74, 6) is -0.223. The van der Waals surface area contributed by atoms with Gasteiger partial charge in [-0.05, 0) is 42.2 Å². The van der Waals surface area contributed by atoms with Crippen molar-refractivity contribution in [1.82, 2.24) is 19.6 Å². The topological polar surface area (TPSA) is 72.2 Å². The van der Waals surface area contributed by atoms with Crippen molar-refractivity contribution in [2.45, 2.75) is 6.92 Å². The van der Waals surface area contributed by atoms with Gasteiger partial charge in [0, 0.05) is 34.2 Å². The molecule has 4 rings (SSSR count). The molecule has 1 N–H and O–H groups in total. The van der Waals surface area contributed by atoms with Crippen LogP contribution in [0.5, 0.6) is 0 Å². The normalized spacial score (nSPS) is 16.0. The van der Waals surface area contributed by atoms with Crippen LogP contribution in [0.1, 0.15) is 16.0 Å².